The lowest BCUT2D eigenvalue weighted by Gasteiger charge is -2.41. The van der Waals surface area contributed by atoms with Crippen LogP contribution in [-0.2, 0) is 6.42 Å². The molecule has 1 amide bonds. The van der Waals surface area contributed by atoms with Gasteiger partial charge >= 0.3 is 0 Å². The third kappa shape index (κ3) is 3.85. The summed E-state index contributed by atoms with van der Waals surface area (Å²) in [4.78, 5) is 25.8. The van der Waals surface area contributed by atoms with Crippen molar-refractivity contribution in [1.82, 2.24) is 19.3 Å². The average molecular weight is 479 g/mol. The van der Waals surface area contributed by atoms with Gasteiger partial charge in [-0.15, -0.1) is 0 Å². The van der Waals surface area contributed by atoms with Crippen LogP contribution in [0.2, 0.25) is 0 Å². The number of aromatic nitrogens is 3. The van der Waals surface area contributed by atoms with E-state index in [1.807, 2.05) is 17.4 Å². The zero-order valence-electron chi connectivity index (χ0n) is 20.7. The molecule has 5 aromatic rings. The third-order valence-electron chi connectivity index (χ3n) is 7.50. The fourth-order valence-electron chi connectivity index (χ4n) is 5.61. The summed E-state index contributed by atoms with van der Waals surface area (Å²) in [5.74, 6) is -0.504. The van der Waals surface area contributed by atoms with E-state index in [0.29, 0.717) is 11.7 Å². The van der Waals surface area contributed by atoms with Gasteiger partial charge in [-0.25, -0.2) is 4.98 Å². The molecular formula is C29H30N6O. The first kappa shape index (κ1) is 22.5. The van der Waals surface area contributed by atoms with Gasteiger partial charge in [-0.1, -0.05) is 24.3 Å². The Morgan fingerprint density at radius 1 is 1.00 bits per heavy atom. The molecular weight excluding hydrogens is 448 g/mol. The molecule has 0 saturated carbocycles. The van der Waals surface area contributed by atoms with Crippen LogP contribution < -0.4 is 10.6 Å². The minimum atomic E-state index is -0.504. The molecule has 36 heavy (non-hydrogen) atoms. The van der Waals surface area contributed by atoms with Gasteiger partial charge in [0.05, 0.1) is 16.6 Å². The molecule has 0 bridgehead atoms. The maximum atomic E-state index is 11.7. The molecule has 0 spiro atoms. The van der Waals surface area contributed by atoms with Crippen LogP contribution in [0.4, 0.5) is 5.69 Å². The Kier molecular flexibility index (Phi) is 5.57. The zero-order valence-corrected chi connectivity index (χ0v) is 20.7. The SMILES string of the molecule is Cc1ccc2c(N3CCN(CCc4cccc5c4ccc4c(C(N)=O)ncn45)[C@H](C)C3)cccc2n1. The van der Waals surface area contributed by atoms with Crippen LogP contribution >= 0.6 is 0 Å². The number of hydrogen-bond acceptors (Lipinski definition) is 5. The van der Waals surface area contributed by atoms with Gasteiger partial charge in [0.25, 0.3) is 5.91 Å². The monoisotopic (exact) mass is 478 g/mol. The second-order valence-corrected chi connectivity index (χ2v) is 9.77. The summed E-state index contributed by atoms with van der Waals surface area (Å²) in [5, 5.41) is 2.41. The number of amides is 1. The highest BCUT2D eigenvalue weighted by molar-refractivity contribution is 5.99. The summed E-state index contributed by atoms with van der Waals surface area (Å²) in [5.41, 5.74) is 12.3. The van der Waals surface area contributed by atoms with Crippen LogP contribution in [0.3, 0.4) is 0 Å². The molecule has 2 N–H and O–H groups in total. The number of nitrogens with two attached hydrogens (primary N) is 1. The smallest absolute Gasteiger partial charge is 0.269 e. The number of anilines is 1. The number of aryl methyl sites for hydroxylation is 1. The Morgan fingerprint density at radius 3 is 2.67 bits per heavy atom. The average Bonchev–Trinajstić information content (AvgIpc) is 3.32. The zero-order chi connectivity index (χ0) is 24.8. The molecule has 1 aliphatic rings. The van der Waals surface area contributed by atoms with Gasteiger partial charge in [-0.05, 0) is 62.2 Å². The van der Waals surface area contributed by atoms with Gasteiger partial charge in [0, 0.05) is 54.4 Å². The minimum Gasteiger partial charge on any atom is -0.368 e. The molecule has 182 valence electrons. The number of pyridine rings is 2. The van der Waals surface area contributed by atoms with Gasteiger partial charge in [-0.2, -0.15) is 0 Å². The van der Waals surface area contributed by atoms with Crippen LogP contribution in [0, 0.1) is 6.92 Å². The van der Waals surface area contributed by atoms with E-state index in [4.69, 9.17) is 10.7 Å². The fourth-order valence-corrected chi connectivity index (χ4v) is 5.61. The maximum Gasteiger partial charge on any atom is 0.269 e. The summed E-state index contributed by atoms with van der Waals surface area (Å²) in [6.07, 6.45) is 2.65. The predicted molar refractivity (Wildman–Crippen MR) is 145 cm³/mol. The van der Waals surface area contributed by atoms with Crippen molar-refractivity contribution in [2.45, 2.75) is 26.3 Å². The van der Waals surface area contributed by atoms with Crippen LogP contribution in [-0.4, -0.2) is 57.4 Å². The van der Waals surface area contributed by atoms with Crippen molar-refractivity contribution in [3.05, 3.63) is 83.9 Å². The number of hydrogen-bond donors (Lipinski definition) is 1. The molecule has 1 saturated heterocycles. The number of rotatable bonds is 5. The van der Waals surface area contributed by atoms with Gasteiger partial charge in [0.15, 0.2) is 5.69 Å². The second kappa shape index (κ2) is 8.91. The molecule has 7 heteroatoms. The van der Waals surface area contributed by atoms with Crippen molar-refractivity contribution < 1.29 is 4.79 Å². The molecule has 1 atom stereocenters. The van der Waals surface area contributed by atoms with E-state index in [1.165, 1.54) is 22.0 Å². The van der Waals surface area contributed by atoms with Crippen molar-refractivity contribution in [1.29, 1.82) is 0 Å². The molecule has 1 fully saturated rings. The molecule has 0 unspecified atom stereocenters. The maximum absolute atomic E-state index is 11.7. The number of carbonyl (C=O) groups is 1. The first-order valence-electron chi connectivity index (χ1n) is 12.5. The molecule has 7 nitrogen and oxygen atoms in total. The number of primary amides is 1. The van der Waals surface area contributed by atoms with Crippen molar-refractivity contribution in [3.8, 4) is 0 Å². The van der Waals surface area contributed by atoms with Crippen molar-refractivity contribution in [2.24, 2.45) is 5.73 Å². The standard InChI is InChI=1S/C29H30N6O/c1-19-9-10-23-24(32-19)6-4-7-25(23)34-16-15-33(20(2)17-34)14-13-21-5-3-8-26-22(21)11-12-27-28(29(30)36)31-18-35(26)27/h3-12,18,20H,13-17H2,1-2H3,(H2,30,36)/t20-/m1/s1. The van der Waals surface area contributed by atoms with Gasteiger partial charge in [-0.3, -0.25) is 19.1 Å². The van der Waals surface area contributed by atoms with Crippen LogP contribution in [0.15, 0.2) is 67.0 Å². The first-order valence-corrected chi connectivity index (χ1v) is 12.5. The summed E-state index contributed by atoms with van der Waals surface area (Å²) in [6, 6.07) is 21.6. The number of nitrogens with zero attached hydrogens (tertiary/aromatic N) is 5. The normalized spacial score (nSPS) is 16.8. The van der Waals surface area contributed by atoms with E-state index in [-0.39, 0.29) is 0 Å². The van der Waals surface area contributed by atoms with E-state index in [2.05, 4.69) is 76.3 Å². The van der Waals surface area contributed by atoms with E-state index < -0.39 is 5.91 Å². The quantitative estimate of drug-likeness (QED) is 0.410. The number of imidazole rings is 1. The van der Waals surface area contributed by atoms with Crippen LogP contribution in [0.5, 0.6) is 0 Å². The highest BCUT2D eigenvalue weighted by Gasteiger charge is 2.25. The number of carbonyl (C=O) groups excluding carboxylic acids is 1. The highest BCUT2D eigenvalue weighted by atomic mass is 16.1. The molecule has 1 aliphatic heterocycles. The summed E-state index contributed by atoms with van der Waals surface area (Å²) >= 11 is 0. The fraction of sp³-hybridized carbons (Fsp3) is 0.276. The third-order valence-corrected chi connectivity index (χ3v) is 7.50. The largest absolute Gasteiger partial charge is 0.368 e. The van der Waals surface area contributed by atoms with E-state index in [9.17, 15) is 4.79 Å². The number of fused-ring (bicyclic) bond motifs is 4. The molecule has 4 heterocycles. The number of benzene rings is 2. The van der Waals surface area contributed by atoms with Crippen molar-refractivity contribution >= 4 is 38.9 Å². The minimum absolute atomic E-state index is 0.311. The Hall–Kier alpha value is -3.97. The van der Waals surface area contributed by atoms with E-state index in [1.54, 1.807) is 6.33 Å². The Morgan fingerprint density at radius 2 is 1.83 bits per heavy atom. The summed E-state index contributed by atoms with van der Waals surface area (Å²) in [7, 11) is 0. The van der Waals surface area contributed by atoms with E-state index >= 15 is 0 Å². The lowest BCUT2D eigenvalue weighted by atomic mass is 10.0. The number of piperazine rings is 1. The molecule has 2 aromatic carbocycles. The molecule has 3 aromatic heterocycles. The van der Waals surface area contributed by atoms with Gasteiger partial charge < -0.3 is 10.6 Å². The van der Waals surface area contributed by atoms with Crippen molar-refractivity contribution in [2.75, 3.05) is 31.1 Å². The van der Waals surface area contributed by atoms with Crippen molar-refractivity contribution in [3.63, 3.8) is 0 Å². The lowest BCUT2D eigenvalue weighted by Crippen LogP contribution is -2.52. The Labute approximate surface area is 210 Å². The Balaban J connectivity index is 1.19. The van der Waals surface area contributed by atoms with Crippen LogP contribution in [0.1, 0.15) is 28.7 Å². The summed E-state index contributed by atoms with van der Waals surface area (Å²) < 4.78 is 1.96. The topological polar surface area (TPSA) is 79.8 Å². The Bertz CT molecular complexity index is 1610. The van der Waals surface area contributed by atoms with Crippen LogP contribution in [0.25, 0.3) is 27.3 Å². The molecule has 0 radical (unpaired) electrons. The van der Waals surface area contributed by atoms with Gasteiger partial charge in [0.1, 0.15) is 6.33 Å². The highest BCUT2D eigenvalue weighted by Crippen LogP contribution is 2.29. The first-order chi connectivity index (χ1) is 17.5. The lowest BCUT2D eigenvalue weighted by molar-refractivity contribution is 0.0997. The summed E-state index contributed by atoms with van der Waals surface area (Å²) in [6.45, 7) is 8.38. The second-order valence-electron chi connectivity index (χ2n) is 9.77. The predicted octanol–water partition coefficient (Wildman–Crippen LogP) is 4.20. The molecule has 0 aliphatic carbocycles. The van der Waals surface area contributed by atoms with E-state index in [0.717, 1.165) is 54.8 Å². The van der Waals surface area contributed by atoms with Gasteiger partial charge in [0.2, 0.25) is 0 Å². The molecule has 6 rings (SSSR count).